The average molecular weight is 430 g/mol. The molecule has 0 aliphatic carbocycles. The van der Waals surface area contributed by atoms with Crippen molar-refractivity contribution in [2.75, 3.05) is 7.05 Å². The van der Waals surface area contributed by atoms with Crippen LogP contribution in [0.15, 0.2) is 73.2 Å². The van der Waals surface area contributed by atoms with E-state index in [0.29, 0.717) is 16.3 Å². The summed E-state index contributed by atoms with van der Waals surface area (Å²) in [5.41, 5.74) is 1.10. The van der Waals surface area contributed by atoms with Gasteiger partial charge in [0.1, 0.15) is 5.82 Å². The van der Waals surface area contributed by atoms with Crippen LogP contribution in [0.4, 0.5) is 9.18 Å². The van der Waals surface area contributed by atoms with E-state index >= 15 is 0 Å². The van der Waals surface area contributed by atoms with Crippen molar-refractivity contribution in [3.05, 3.63) is 84.6 Å². The molecule has 3 heterocycles. The van der Waals surface area contributed by atoms with Gasteiger partial charge in [0, 0.05) is 36.4 Å². The molecule has 3 amide bonds. The molecule has 0 bridgehead atoms. The van der Waals surface area contributed by atoms with Crippen molar-refractivity contribution in [1.82, 2.24) is 19.8 Å². The maximum atomic E-state index is 13.7. The second-order valence-corrected chi connectivity index (χ2v) is 7.80. The number of halogens is 1. The molecule has 7 nitrogen and oxygen atoms in total. The minimum atomic E-state index is -1.39. The highest BCUT2D eigenvalue weighted by Crippen LogP contribution is 2.38. The second-order valence-electron chi connectivity index (χ2n) is 7.80. The Morgan fingerprint density at radius 1 is 1.03 bits per heavy atom. The summed E-state index contributed by atoms with van der Waals surface area (Å²) in [5, 5.41) is 14.1. The van der Waals surface area contributed by atoms with Crippen molar-refractivity contribution in [2.45, 2.75) is 12.1 Å². The van der Waals surface area contributed by atoms with Crippen molar-refractivity contribution < 1.29 is 19.1 Å². The number of nitrogens with one attached hydrogen (secondary N) is 1. The van der Waals surface area contributed by atoms with Gasteiger partial charge < -0.3 is 14.6 Å². The number of aromatic nitrogens is 2. The molecule has 0 spiro atoms. The first-order valence-electron chi connectivity index (χ1n) is 9.98. The van der Waals surface area contributed by atoms with Crippen molar-refractivity contribution in [3.8, 4) is 17.0 Å². The molecule has 0 unspecified atom stereocenters. The molecule has 0 radical (unpaired) electrons. The Bertz CT molecular complexity index is 1350. The summed E-state index contributed by atoms with van der Waals surface area (Å²) in [6.07, 6.45) is 5.04. The lowest BCUT2D eigenvalue weighted by atomic mass is 9.87. The minimum absolute atomic E-state index is 0.0438. The molecule has 5 rings (SSSR count). The van der Waals surface area contributed by atoms with Crippen LogP contribution in [0.3, 0.4) is 0 Å². The highest BCUT2D eigenvalue weighted by Gasteiger charge is 2.53. The van der Waals surface area contributed by atoms with Crippen LogP contribution < -0.4 is 5.32 Å². The van der Waals surface area contributed by atoms with Gasteiger partial charge in [-0.2, -0.15) is 0 Å². The Labute approximate surface area is 182 Å². The molecule has 0 saturated carbocycles. The Balaban J connectivity index is 1.61. The van der Waals surface area contributed by atoms with E-state index in [2.05, 4.69) is 10.3 Å². The van der Waals surface area contributed by atoms with Crippen LogP contribution in [0.25, 0.3) is 21.9 Å². The third-order valence-electron chi connectivity index (χ3n) is 6.07. The molecule has 1 aliphatic heterocycles. The topological polar surface area (TPSA) is 87.5 Å². The number of benzene rings is 2. The second kappa shape index (κ2) is 7.19. The highest BCUT2D eigenvalue weighted by molar-refractivity contribution is 6.07. The van der Waals surface area contributed by atoms with Gasteiger partial charge in [0.05, 0.1) is 6.54 Å². The molecule has 4 aromatic rings. The summed E-state index contributed by atoms with van der Waals surface area (Å²) in [4.78, 5) is 30.9. The summed E-state index contributed by atoms with van der Waals surface area (Å²) in [6, 6.07) is 14.7. The number of rotatable bonds is 4. The molecule has 2 N–H and O–H groups in total. The number of imide groups is 1. The van der Waals surface area contributed by atoms with Crippen LogP contribution in [0, 0.1) is 5.82 Å². The molecule has 160 valence electrons. The fourth-order valence-electron chi connectivity index (χ4n) is 4.27. The van der Waals surface area contributed by atoms with Gasteiger partial charge in [0.2, 0.25) is 0 Å². The van der Waals surface area contributed by atoms with E-state index < -0.39 is 23.3 Å². The molecule has 2 aromatic heterocycles. The van der Waals surface area contributed by atoms with Crippen molar-refractivity contribution in [1.29, 1.82) is 0 Å². The predicted molar refractivity (Wildman–Crippen MR) is 116 cm³/mol. The molecule has 2 aromatic carbocycles. The summed E-state index contributed by atoms with van der Waals surface area (Å²) in [6.45, 7) is -0.0438. The van der Waals surface area contributed by atoms with E-state index in [-0.39, 0.29) is 12.4 Å². The molecular formula is C24H19FN4O3. The number of fused-ring (bicyclic) bond motifs is 1. The number of amides is 3. The number of carbonyl (C=O) groups excluding carboxylic acids is 2. The lowest BCUT2D eigenvalue weighted by Crippen LogP contribution is -2.48. The zero-order valence-electron chi connectivity index (χ0n) is 17.1. The molecule has 8 heteroatoms. The molecule has 1 saturated heterocycles. The monoisotopic (exact) mass is 430 g/mol. The Morgan fingerprint density at radius 3 is 2.38 bits per heavy atom. The van der Waals surface area contributed by atoms with Crippen molar-refractivity contribution >= 4 is 22.7 Å². The summed E-state index contributed by atoms with van der Waals surface area (Å²) in [7, 11) is 1.54. The van der Waals surface area contributed by atoms with Crippen LogP contribution in [-0.2, 0) is 16.9 Å². The third-order valence-corrected chi connectivity index (χ3v) is 6.07. The Kier molecular flexibility index (Phi) is 4.44. The summed E-state index contributed by atoms with van der Waals surface area (Å²) < 4.78 is 15.2. The molecular weight excluding hydrogens is 411 g/mol. The largest absolute Gasteiger partial charge is 0.494 e. The van der Waals surface area contributed by atoms with Gasteiger partial charge in [0.15, 0.2) is 11.4 Å². The van der Waals surface area contributed by atoms with Gasteiger partial charge in [-0.1, -0.05) is 24.3 Å². The smallest absolute Gasteiger partial charge is 0.325 e. The highest BCUT2D eigenvalue weighted by atomic mass is 19.1. The Hall–Kier alpha value is -4.20. The fourth-order valence-corrected chi connectivity index (χ4v) is 4.27. The van der Waals surface area contributed by atoms with Crippen LogP contribution in [0.5, 0.6) is 5.88 Å². The standard InChI is InChI=1S/C24H19FN4O3/c1-28-23(32)27-22(31)24(28,14-29-13-17-4-7-19(25)12-20(17)21(29)30)18-5-2-15(3-6-18)16-8-10-26-11-9-16/h2-13,30H,14H2,1H3,(H,27,31,32)/t24-/m0/s1. The first kappa shape index (κ1) is 19.7. The first-order valence-corrected chi connectivity index (χ1v) is 9.98. The van der Waals surface area contributed by atoms with Gasteiger partial charge in [-0.05, 0) is 47.0 Å². The van der Waals surface area contributed by atoms with E-state index in [9.17, 15) is 19.1 Å². The van der Waals surface area contributed by atoms with Crippen LogP contribution >= 0.6 is 0 Å². The number of hydrogen-bond donors (Lipinski definition) is 2. The number of likely N-dealkylation sites (N-methyl/N-ethyl adjacent to an activating group) is 1. The first-order chi connectivity index (χ1) is 15.4. The third kappa shape index (κ3) is 2.91. The van der Waals surface area contributed by atoms with E-state index in [1.165, 1.54) is 28.6 Å². The maximum Gasteiger partial charge on any atom is 0.325 e. The van der Waals surface area contributed by atoms with Crippen molar-refractivity contribution in [2.24, 2.45) is 0 Å². The van der Waals surface area contributed by atoms with Crippen LogP contribution in [-0.4, -0.2) is 38.5 Å². The molecule has 1 atom stereocenters. The fraction of sp³-hybridized carbons (Fsp3) is 0.125. The molecule has 1 aliphatic rings. The van der Waals surface area contributed by atoms with Crippen LogP contribution in [0.2, 0.25) is 0 Å². The summed E-state index contributed by atoms with van der Waals surface area (Å²) >= 11 is 0. The van der Waals surface area contributed by atoms with Gasteiger partial charge in [-0.3, -0.25) is 15.1 Å². The zero-order valence-corrected chi connectivity index (χ0v) is 17.1. The summed E-state index contributed by atoms with van der Waals surface area (Å²) in [5.74, 6) is -1.14. The lowest BCUT2D eigenvalue weighted by molar-refractivity contribution is -0.127. The Morgan fingerprint density at radius 2 is 1.72 bits per heavy atom. The lowest BCUT2D eigenvalue weighted by Gasteiger charge is -2.34. The van der Waals surface area contributed by atoms with E-state index in [1.807, 2.05) is 24.3 Å². The van der Waals surface area contributed by atoms with E-state index in [0.717, 1.165) is 11.1 Å². The molecule has 1 fully saturated rings. The average Bonchev–Trinajstić information content (AvgIpc) is 3.23. The van der Waals surface area contributed by atoms with E-state index in [1.54, 1.807) is 36.8 Å². The van der Waals surface area contributed by atoms with Crippen molar-refractivity contribution in [3.63, 3.8) is 0 Å². The minimum Gasteiger partial charge on any atom is -0.494 e. The molecule has 32 heavy (non-hydrogen) atoms. The quantitative estimate of drug-likeness (QED) is 0.484. The number of carbonyl (C=O) groups is 2. The SMILES string of the molecule is CN1C(=O)NC(=O)[C@]1(Cn1cc2ccc(F)cc2c1O)c1ccc(-c2ccncc2)cc1. The van der Waals surface area contributed by atoms with Gasteiger partial charge in [-0.15, -0.1) is 0 Å². The number of aromatic hydroxyl groups is 1. The van der Waals surface area contributed by atoms with Gasteiger partial charge >= 0.3 is 6.03 Å². The number of urea groups is 1. The number of nitrogens with zero attached hydrogens (tertiary/aromatic N) is 3. The maximum absolute atomic E-state index is 13.7. The normalized spacial score (nSPS) is 18.4. The van der Waals surface area contributed by atoms with Gasteiger partial charge in [0.25, 0.3) is 5.91 Å². The number of hydrogen-bond acceptors (Lipinski definition) is 4. The van der Waals surface area contributed by atoms with E-state index in [4.69, 9.17) is 0 Å². The number of pyridine rings is 1. The predicted octanol–water partition coefficient (Wildman–Crippen LogP) is 3.63. The van der Waals surface area contributed by atoms with Gasteiger partial charge in [-0.25, -0.2) is 9.18 Å². The van der Waals surface area contributed by atoms with Crippen LogP contribution in [0.1, 0.15) is 5.56 Å². The zero-order chi connectivity index (χ0) is 22.5.